The van der Waals surface area contributed by atoms with Gasteiger partial charge in [-0.2, -0.15) is 4.98 Å². The molecule has 0 amide bonds. The van der Waals surface area contributed by atoms with Gasteiger partial charge in [0.1, 0.15) is 5.82 Å². The summed E-state index contributed by atoms with van der Waals surface area (Å²) in [6, 6.07) is 6.93. The highest BCUT2D eigenvalue weighted by Gasteiger charge is 2.16. The van der Waals surface area contributed by atoms with E-state index in [9.17, 15) is 4.39 Å². The minimum atomic E-state index is -0.242. The zero-order valence-electron chi connectivity index (χ0n) is 12.1. The van der Waals surface area contributed by atoms with Gasteiger partial charge in [-0.3, -0.25) is 0 Å². The third-order valence-corrected chi connectivity index (χ3v) is 3.39. The lowest BCUT2D eigenvalue weighted by atomic mass is 10.0. The van der Waals surface area contributed by atoms with Crippen molar-refractivity contribution in [3.63, 3.8) is 0 Å². The van der Waals surface area contributed by atoms with Gasteiger partial charge in [0.25, 0.3) is 0 Å². The molecule has 0 spiro atoms. The van der Waals surface area contributed by atoms with Gasteiger partial charge in [-0.05, 0) is 24.6 Å². The fourth-order valence-corrected chi connectivity index (χ4v) is 2.12. The highest BCUT2D eigenvalue weighted by atomic mass is 19.1. The molecule has 5 heteroatoms. The van der Waals surface area contributed by atoms with Crippen LogP contribution < -0.4 is 5.32 Å². The molecule has 4 nitrogen and oxygen atoms in total. The highest BCUT2D eigenvalue weighted by Crippen LogP contribution is 2.13. The largest absolute Gasteiger partial charge is 0.339 e. The summed E-state index contributed by atoms with van der Waals surface area (Å²) in [5.41, 5.74) is 0.578. The van der Waals surface area contributed by atoms with Gasteiger partial charge < -0.3 is 9.84 Å². The first-order valence-electron chi connectivity index (χ1n) is 6.82. The number of aromatic nitrogens is 2. The third-order valence-electron chi connectivity index (χ3n) is 3.39. The van der Waals surface area contributed by atoms with Gasteiger partial charge >= 0.3 is 0 Å². The van der Waals surface area contributed by atoms with Gasteiger partial charge in [0.05, 0.1) is 0 Å². The fraction of sp³-hybridized carbons (Fsp3) is 0.467. The van der Waals surface area contributed by atoms with Crippen LogP contribution in [0.5, 0.6) is 0 Å². The topological polar surface area (TPSA) is 51.0 Å². The minimum absolute atomic E-state index is 0.242. The molecule has 0 saturated carbocycles. The van der Waals surface area contributed by atoms with Crippen LogP contribution in [0.2, 0.25) is 0 Å². The van der Waals surface area contributed by atoms with Crippen LogP contribution in [0.15, 0.2) is 28.8 Å². The monoisotopic (exact) mass is 277 g/mol. The van der Waals surface area contributed by atoms with E-state index in [2.05, 4.69) is 29.3 Å². The fourth-order valence-electron chi connectivity index (χ4n) is 2.12. The molecule has 1 atom stereocenters. The Bertz CT molecular complexity index is 554. The SMILES string of the molecule is CNC(Cc1nc(Cc2ccccc2F)no1)C(C)C. The van der Waals surface area contributed by atoms with Gasteiger partial charge in [-0.15, -0.1) is 0 Å². The summed E-state index contributed by atoms with van der Waals surface area (Å²) in [6.45, 7) is 4.27. The Labute approximate surface area is 118 Å². The van der Waals surface area contributed by atoms with Crippen LogP contribution in [0.4, 0.5) is 4.39 Å². The van der Waals surface area contributed by atoms with E-state index in [1.807, 2.05) is 7.05 Å². The van der Waals surface area contributed by atoms with E-state index in [-0.39, 0.29) is 11.9 Å². The maximum Gasteiger partial charge on any atom is 0.228 e. The maximum absolute atomic E-state index is 13.6. The van der Waals surface area contributed by atoms with Crippen molar-refractivity contribution in [2.45, 2.75) is 32.7 Å². The molecular weight excluding hydrogens is 257 g/mol. The van der Waals surface area contributed by atoms with Gasteiger partial charge in [-0.25, -0.2) is 4.39 Å². The maximum atomic E-state index is 13.6. The summed E-state index contributed by atoms with van der Waals surface area (Å²) in [5, 5.41) is 7.15. The first kappa shape index (κ1) is 14.7. The van der Waals surface area contributed by atoms with Crippen LogP contribution in [0, 0.1) is 11.7 Å². The Morgan fingerprint density at radius 2 is 2.05 bits per heavy atom. The van der Waals surface area contributed by atoms with Crippen LogP contribution >= 0.6 is 0 Å². The second-order valence-corrected chi connectivity index (χ2v) is 5.22. The predicted molar refractivity (Wildman–Crippen MR) is 74.9 cm³/mol. The van der Waals surface area contributed by atoms with E-state index in [0.717, 1.165) is 0 Å². The second-order valence-electron chi connectivity index (χ2n) is 5.22. The van der Waals surface area contributed by atoms with Gasteiger partial charge in [-0.1, -0.05) is 37.2 Å². The van der Waals surface area contributed by atoms with E-state index in [1.165, 1.54) is 6.07 Å². The van der Waals surface area contributed by atoms with Gasteiger partial charge in [0, 0.05) is 18.9 Å². The van der Waals surface area contributed by atoms with E-state index >= 15 is 0 Å². The van der Waals surface area contributed by atoms with Crippen LogP contribution in [0.25, 0.3) is 0 Å². The Hall–Kier alpha value is -1.75. The zero-order chi connectivity index (χ0) is 14.5. The Morgan fingerprint density at radius 1 is 1.30 bits per heavy atom. The molecule has 1 heterocycles. The third kappa shape index (κ3) is 3.63. The number of nitrogens with one attached hydrogen (secondary N) is 1. The van der Waals surface area contributed by atoms with Gasteiger partial charge in [0.2, 0.25) is 5.89 Å². The molecule has 0 aliphatic heterocycles. The molecule has 0 bridgehead atoms. The van der Waals surface area contributed by atoms with Crippen LogP contribution in [-0.4, -0.2) is 23.2 Å². The lowest BCUT2D eigenvalue weighted by molar-refractivity contribution is 0.333. The van der Waals surface area contributed by atoms with E-state index in [1.54, 1.807) is 18.2 Å². The van der Waals surface area contributed by atoms with Crippen molar-refractivity contribution in [1.29, 1.82) is 0 Å². The molecular formula is C15H20FN3O. The number of likely N-dealkylation sites (N-methyl/N-ethyl adjacent to an activating group) is 1. The van der Waals surface area contributed by atoms with Crippen molar-refractivity contribution in [3.05, 3.63) is 47.4 Å². The number of nitrogens with zero attached hydrogens (tertiary/aromatic N) is 2. The van der Waals surface area contributed by atoms with Crippen molar-refractivity contribution in [1.82, 2.24) is 15.5 Å². The number of hydrogen-bond donors (Lipinski definition) is 1. The smallest absolute Gasteiger partial charge is 0.228 e. The first-order valence-corrected chi connectivity index (χ1v) is 6.82. The highest BCUT2D eigenvalue weighted by molar-refractivity contribution is 5.20. The summed E-state index contributed by atoms with van der Waals surface area (Å²) >= 11 is 0. The van der Waals surface area contributed by atoms with E-state index in [0.29, 0.717) is 36.0 Å². The summed E-state index contributed by atoms with van der Waals surface area (Å²) in [5.74, 6) is 1.34. The standard InChI is InChI=1S/C15H20FN3O/c1-10(2)13(17-3)9-15-18-14(19-20-15)8-11-6-4-5-7-12(11)16/h4-7,10,13,17H,8-9H2,1-3H3. The lowest BCUT2D eigenvalue weighted by Crippen LogP contribution is -2.32. The second kappa shape index (κ2) is 6.61. The average Bonchev–Trinajstić information content (AvgIpc) is 2.86. The Morgan fingerprint density at radius 3 is 2.70 bits per heavy atom. The summed E-state index contributed by atoms with van der Waals surface area (Å²) in [7, 11) is 1.92. The summed E-state index contributed by atoms with van der Waals surface area (Å²) < 4.78 is 18.8. The summed E-state index contributed by atoms with van der Waals surface area (Å²) in [4.78, 5) is 4.33. The molecule has 108 valence electrons. The van der Waals surface area contributed by atoms with Crippen molar-refractivity contribution < 1.29 is 8.91 Å². The number of rotatable bonds is 6. The molecule has 1 aromatic heterocycles. The minimum Gasteiger partial charge on any atom is -0.339 e. The molecule has 20 heavy (non-hydrogen) atoms. The molecule has 1 aromatic carbocycles. The van der Waals surface area contributed by atoms with Crippen molar-refractivity contribution in [3.8, 4) is 0 Å². The molecule has 0 fully saturated rings. The van der Waals surface area contributed by atoms with Crippen molar-refractivity contribution >= 4 is 0 Å². The molecule has 2 aromatic rings. The Kier molecular flexibility index (Phi) is 4.84. The molecule has 1 N–H and O–H groups in total. The van der Waals surface area contributed by atoms with Crippen molar-refractivity contribution in [2.75, 3.05) is 7.05 Å². The van der Waals surface area contributed by atoms with E-state index < -0.39 is 0 Å². The molecule has 1 unspecified atom stereocenters. The van der Waals surface area contributed by atoms with Crippen LogP contribution in [-0.2, 0) is 12.8 Å². The first-order chi connectivity index (χ1) is 9.60. The quantitative estimate of drug-likeness (QED) is 0.881. The number of halogens is 1. The van der Waals surface area contributed by atoms with E-state index in [4.69, 9.17) is 4.52 Å². The molecule has 0 aliphatic rings. The molecule has 0 saturated heterocycles. The molecule has 2 rings (SSSR count). The predicted octanol–water partition coefficient (Wildman–Crippen LogP) is 2.59. The zero-order valence-corrected chi connectivity index (χ0v) is 12.1. The molecule has 0 aliphatic carbocycles. The average molecular weight is 277 g/mol. The molecule has 0 radical (unpaired) electrons. The Balaban J connectivity index is 2.04. The van der Waals surface area contributed by atoms with Gasteiger partial charge in [0.15, 0.2) is 5.82 Å². The number of benzene rings is 1. The van der Waals surface area contributed by atoms with Crippen LogP contribution in [0.3, 0.4) is 0 Å². The normalized spacial score (nSPS) is 12.8. The summed E-state index contributed by atoms with van der Waals surface area (Å²) in [6.07, 6.45) is 1.03. The van der Waals surface area contributed by atoms with Crippen LogP contribution in [0.1, 0.15) is 31.1 Å². The lowest BCUT2D eigenvalue weighted by Gasteiger charge is -2.17. The van der Waals surface area contributed by atoms with Crippen molar-refractivity contribution in [2.24, 2.45) is 5.92 Å². The number of hydrogen-bond acceptors (Lipinski definition) is 4.